The SMILES string of the molecule is CC1(c2ccc(F)cc2)NC(=O)N(CC(=O)NC2(CN)CCCC2)C1=O. The molecule has 2 aliphatic rings. The van der Waals surface area contributed by atoms with Gasteiger partial charge in [0.15, 0.2) is 0 Å². The summed E-state index contributed by atoms with van der Waals surface area (Å²) in [7, 11) is 0. The molecule has 140 valence electrons. The summed E-state index contributed by atoms with van der Waals surface area (Å²) in [6.45, 7) is 1.49. The standard InChI is InChI=1S/C18H23FN4O3/c1-17(12-4-6-13(19)7-5-12)15(25)23(16(26)22-17)10-14(24)21-18(11-20)8-2-3-9-18/h4-7H,2-3,8-11,20H2,1H3,(H,21,24)(H,22,26). The van der Waals surface area contributed by atoms with Crippen molar-refractivity contribution in [1.29, 1.82) is 0 Å². The fourth-order valence-corrected chi connectivity index (χ4v) is 3.73. The molecule has 1 aliphatic heterocycles. The van der Waals surface area contributed by atoms with Crippen molar-refractivity contribution in [3.05, 3.63) is 35.6 Å². The van der Waals surface area contributed by atoms with Gasteiger partial charge in [-0.1, -0.05) is 25.0 Å². The molecule has 7 nitrogen and oxygen atoms in total. The van der Waals surface area contributed by atoms with Crippen molar-refractivity contribution >= 4 is 17.8 Å². The fraction of sp³-hybridized carbons (Fsp3) is 0.500. The summed E-state index contributed by atoms with van der Waals surface area (Å²) in [5.41, 5.74) is 4.48. The Bertz CT molecular complexity index is 730. The van der Waals surface area contributed by atoms with Crippen LogP contribution in [0.2, 0.25) is 0 Å². The van der Waals surface area contributed by atoms with Crippen molar-refractivity contribution in [2.24, 2.45) is 5.73 Å². The van der Waals surface area contributed by atoms with Crippen molar-refractivity contribution < 1.29 is 18.8 Å². The van der Waals surface area contributed by atoms with Gasteiger partial charge < -0.3 is 16.4 Å². The van der Waals surface area contributed by atoms with Gasteiger partial charge >= 0.3 is 6.03 Å². The van der Waals surface area contributed by atoms with E-state index in [1.807, 2.05) is 0 Å². The zero-order valence-electron chi connectivity index (χ0n) is 14.7. The molecule has 1 aromatic carbocycles. The fourth-order valence-electron chi connectivity index (χ4n) is 3.73. The highest BCUT2D eigenvalue weighted by molar-refractivity contribution is 6.09. The van der Waals surface area contributed by atoms with E-state index < -0.39 is 34.7 Å². The molecule has 1 aromatic rings. The van der Waals surface area contributed by atoms with Gasteiger partial charge in [0.2, 0.25) is 5.91 Å². The number of nitrogens with two attached hydrogens (primary N) is 1. The Morgan fingerprint density at radius 3 is 2.46 bits per heavy atom. The van der Waals surface area contributed by atoms with E-state index in [4.69, 9.17) is 5.73 Å². The number of halogens is 1. The van der Waals surface area contributed by atoms with Crippen molar-refractivity contribution in [3.8, 4) is 0 Å². The minimum absolute atomic E-state index is 0.326. The molecule has 0 radical (unpaired) electrons. The van der Waals surface area contributed by atoms with Crippen LogP contribution in [-0.4, -0.2) is 41.4 Å². The third kappa shape index (κ3) is 3.16. The highest BCUT2D eigenvalue weighted by Gasteiger charge is 2.49. The van der Waals surface area contributed by atoms with Crippen molar-refractivity contribution in [1.82, 2.24) is 15.5 Å². The molecule has 3 rings (SSSR count). The number of amides is 4. The van der Waals surface area contributed by atoms with Crippen LogP contribution in [0, 0.1) is 5.82 Å². The van der Waals surface area contributed by atoms with E-state index in [2.05, 4.69) is 10.6 Å². The Morgan fingerprint density at radius 1 is 1.27 bits per heavy atom. The van der Waals surface area contributed by atoms with E-state index in [1.165, 1.54) is 31.2 Å². The Labute approximate surface area is 151 Å². The van der Waals surface area contributed by atoms with Gasteiger partial charge in [-0.15, -0.1) is 0 Å². The van der Waals surface area contributed by atoms with Crippen LogP contribution in [0.25, 0.3) is 0 Å². The summed E-state index contributed by atoms with van der Waals surface area (Å²) in [4.78, 5) is 38.4. The Hall–Kier alpha value is -2.48. The third-order valence-electron chi connectivity index (χ3n) is 5.35. The average Bonchev–Trinajstić information content (AvgIpc) is 3.15. The first-order valence-corrected chi connectivity index (χ1v) is 8.71. The number of urea groups is 1. The monoisotopic (exact) mass is 362 g/mol. The summed E-state index contributed by atoms with van der Waals surface area (Å²) in [5.74, 6) is -1.39. The molecule has 26 heavy (non-hydrogen) atoms. The zero-order chi connectivity index (χ0) is 18.9. The molecule has 2 fully saturated rings. The molecule has 1 saturated heterocycles. The molecular formula is C18H23FN4O3. The average molecular weight is 362 g/mol. The molecule has 1 heterocycles. The summed E-state index contributed by atoms with van der Waals surface area (Å²) >= 11 is 0. The molecule has 1 aliphatic carbocycles. The van der Waals surface area contributed by atoms with Gasteiger partial charge in [-0.2, -0.15) is 0 Å². The quantitative estimate of drug-likeness (QED) is 0.679. The third-order valence-corrected chi connectivity index (χ3v) is 5.35. The van der Waals surface area contributed by atoms with Gasteiger partial charge in [-0.05, 0) is 37.5 Å². The van der Waals surface area contributed by atoms with Gasteiger partial charge in [0.25, 0.3) is 5.91 Å². The van der Waals surface area contributed by atoms with Crippen LogP contribution in [0.5, 0.6) is 0 Å². The topological polar surface area (TPSA) is 105 Å². The van der Waals surface area contributed by atoms with Crippen LogP contribution < -0.4 is 16.4 Å². The van der Waals surface area contributed by atoms with Crippen LogP contribution in [0.3, 0.4) is 0 Å². The molecule has 1 saturated carbocycles. The molecule has 0 bridgehead atoms. The highest BCUT2D eigenvalue weighted by Crippen LogP contribution is 2.30. The van der Waals surface area contributed by atoms with E-state index in [1.54, 1.807) is 0 Å². The Kier molecular flexibility index (Phi) is 4.70. The second-order valence-corrected chi connectivity index (χ2v) is 7.19. The summed E-state index contributed by atoms with van der Waals surface area (Å²) in [6.07, 6.45) is 3.57. The first-order chi connectivity index (χ1) is 12.3. The van der Waals surface area contributed by atoms with E-state index in [0.717, 1.165) is 30.6 Å². The zero-order valence-corrected chi connectivity index (χ0v) is 14.7. The number of hydrogen-bond acceptors (Lipinski definition) is 4. The maximum absolute atomic E-state index is 13.1. The van der Waals surface area contributed by atoms with Crippen LogP contribution in [-0.2, 0) is 15.1 Å². The summed E-state index contributed by atoms with van der Waals surface area (Å²) in [5, 5.41) is 5.50. The Balaban J connectivity index is 1.73. The minimum atomic E-state index is -1.33. The second-order valence-electron chi connectivity index (χ2n) is 7.19. The first kappa shape index (κ1) is 18.3. The predicted molar refractivity (Wildman–Crippen MR) is 92.4 cm³/mol. The lowest BCUT2D eigenvalue weighted by Crippen LogP contribution is -2.54. The summed E-state index contributed by atoms with van der Waals surface area (Å²) in [6, 6.07) is 4.68. The van der Waals surface area contributed by atoms with E-state index >= 15 is 0 Å². The second kappa shape index (κ2) is 6.68. The highest BCUT2D eigenvalue weighted by atomic mass is 19.1. The number of benzene rings is 1. The van der Waals surface area contributed by atoms with Crippen LogP contribution in [0.15, 0.2) is 24.3 Å². The van der Waals surface area contributed by atoms with Gasteiger partial charge in [-0.25, -0.2) is 9.18 Å². The molecule has 4 N–H and O–H groups in total. The molecule has 8 heteroatoms. The van der Waals surface area contributed by atoms with Crippen molar-refractivity contribution in [2.75, 3.05) is 13.1 Å². The Morgan fingerprint density at radius 2 is 1.88 bits per heavy atom. The predicted octanol–water partition coefficient (Wildman–Crippen LogP) is 0.980. The maximum atomic E-state index is 13.1. The lowest BCUT2D eigenvalue weighted by atomic mass is 9.92. The number of rotatable bonds is 5. The smallest absolute Gasteiger partial charge is 0.325 e. The number of nitrogens with one attached hydrogen (secondary N) is 2. The van der Waals surface area contributed by atoms with Gasteiger partial charge in [0.05, 0.1) is 5.54 Å². The largest absolute Gasteiger partial charge is 0.348 e. The number of hydrogen-bond donors (Lipinski definition) is 3. The number of carbonyl (C=O) groups excluding carboxylic acids is 3. The molecular weight excluding hydrogens is 339 g/mol. The lowest BCUT2D eigenvalue weighted by Gasteiger charge is -2.29. The van der Waals surface area contributed by atoms with Crippen LogP contribution >= 0.6 is 0 Å². The van der Waals surface area contributed by atoms with E-state index in [0.29, 0.717) is 12.1 Å². The minimum Gasteiger partial charge on any atom is -0.348 e. The molecule has 0 spiro atoms. The molecule has 4 amide bonds. The van der Waals surface area contributed by atoms with Gasteiger partial charge in [-0.3, -0.25) is 14.5 Å². The van der Waals surface area contributed by atoms with E-state index in [9.17, 15) is 18.8 Å². The van der Waals surface area contributed by atoms with Crippen LogP contribution in [0.1, 0.15) is 38.2 Å². The summed E-state index contributed by atoms with van der Waals surface area (Å²) < 4.78 is 13.1. The molecule has 1 unspecified atom stereocenters. The molecule has 1 atom stereocenters. The van der Waals surface area contributed by atoms with Gasteiger partial charge in [0.1, 0.15) is 17.9 Å². The van der Waals surface area contributed by atoms with Gasteiger partial charge in [0, 0.05) is 6.54 Å². The molecule has 0 aromatic heterocycles. The van der Waals surface area contributed by atoms with Crippen molar-refractivity contribution in [3.63, 3.8) is 0 Å². The number of carbonyl (C=O) groups is 3. The number of nitrogens with zero attached hydrogens (tertiary/aromatic N) is 1. The lowest BCUT2D eigenvalue weighted by molar-refractivity contribution is -0.135. The maximum Gasteiger partial charge on any atom is 0.325 e. The first-order valence-electron chi connectivity index (χ1n) is 8.71. The number of imide groups is 1. The van der Waals surface area contributed by atoms with Crippen LogP contribution in [0.4, 0.5) is 9.18 Å². The normalized spacial score (nSPS) is 24.7. The van der Waals surface area contributed by atoms with Crippen molar-refractivity contribution in [2.45, 2.75) is 43.7 Å². The van der Waals surface area contributed by atoms with E-state index in [-0.39, 0.29) is 6.54 Å².